The Bertz CT molecular complexity index is 2210. The van der Waals surface area contributed by atoms with E-state index in [1.54, 1.807) is 102 Å². The van der Waals surface area contributed by atoms with Crippen molar-refractivity contribution in [1.82, 2.24) is 14.9 Å². The van der Waals surface area contributed by atoms with Crippen LogP contribution in [0, 0.1) is 18.6 Å². The molecule has 2 aromatic carbocycles. The van der Waals surface area contributed by atoms with Crippen molar-refractivity contribution in [3.8, 4) is 5.88 Å². The molecule has 0 bridgehead atoms. The predicted molar refractivity (Wildman–Crippen MR) is 226 cm³/mol. The quantitative estimate of drug-likeness (QED) is 0.123. The first-order valence-corrected chi connectivity index (χ1v) is 22.2. The van der Waals surface area contributed by atoms with Crippen molar-refractivity contribution in [3.63, 3.8) is 0 Å². The molecule has 60 heavy (non-hydrogen) atoms. The third-order valence-corrected chi connectivity index (χ3v) is 12.2. The maximum Gasteiger partial charge on any atom is 0.475 e. The van der Waals surface area contributed by atoms with Gasteiger partial charge in [0.25, 0.3) is 0 Å². The number of carbonyl (C=O) groups excluding carboxylic acids is 1. The first-order valence-electron chi connectivity index (χ1n) is 18.9. The van der Waals surface area contributed by atoms with Crippen molar-refractivity contribution in [3.05, 3.63) is 79.9 Å². The minimum Gasteiger partial charge on any atom is -0.493 e. The Morgan fingerprint density at radius 2 is 1.37 bits per heavy atom. The van der Waals surface area contributed by atoms with E-state index in [2.05, 4.69) is 15.3 Å². The molecule has 332 valence electrons. The van der Waals surface area contributed by atoms with E-state index >= 15 is 0 Å². The highest BCUT2D eigenvalue weighted by Crippen LogP contribution is 2.57. The minimum atomic E-state index is -4.45. The van der Waals surface area contributed by atoms with Crippen molar-refractivity contribution in [1.29, 1.82) is 0 Å². The fourth-order valence-electron chi connectivity index (χ4n) is 5.71. The summed E-state index contributed by atoms with van der Waals surface area (Å²) in [6.45, 7) is 19.8. The number of H-pyrrole nitrogens is 1. The SMILES string of the molecule is Cc1c(Cl)ccc2c1N=C/C2=C\c1[nH]c(=O)n(C(C(=O)NC(COP(=O)(OC(C)(C)C)OC(C)(C)C)COP(=O)(OC(C)(C)C)OC(C)(C)C)c2ccc(F)c(F)c2)c1O. The number of hydrogen-bond acceptors (Lipinski definition) is 12. The van der Waals surface area contributed by atoms with Crippen LogP contribution < -0.4 is 11.0 Å². The van der Waals surface area contributed by atoms with Gasteiger partial charge in [0.1, 0.15) is 11.7 Å². The third kappa shape index (κ3) is 13.5. The number of halogens is 3. The van der Waals surface area contributed by atoms with Crippen molar-refractivity contribution < 1.29 is 55.0 Å². The minimum absolute atomic E-state index is 0.148. The monoisotopic (exact) mass is 902 g/mol. The van der Waals surface area contributed by atoms with E-state index in [-0.39, 0.29) is 11.3 Å². The van der Waals surface area contributed by atoms with Gasteiger partial charge < -0.3 is 15.4 Å². The summed E-state index contributed by atoms with van der Waals surface area (Å²) in [4.78, 5) is 35.2. The fraction of sp³-hybridized carbons (Fsp3) is 0.525. The van der Waals surface area contributed by atoms with Gasteiger partial charge in [-0.25, -0.2) is 27.3 Å². The Morgan fingerprint density at radius 3 is 1.83 bits per heavy atom. The van der Waals surface area contributed by atoms with Crippen LogP contribution in [0.15, 0.2) is 40.1 Å². The number of phosphoric acid groups is 2. The van der Waals surface area contributed by atoms with E-state index in [1.807, 2.05) is 0 Å². The molecule has 3 aromatic rings. The van der Waals surface area contributed by atoms with Crippen LogP contribution in [0.25, 0.3) is 11.6 Å². The highest BCUT2D eigenvalue weighted by molar-refractivity contribution is 7.48. The largest absolute Gasteiger partial charge is 0.493 e. The number of phosphoric ester groups is 2. The number of hydrogen-bond donors (Lipinski definition) is 3. The molecule has 15 nitrogen and oxygen atoms in total. The lowest BCUT2D eigenvalue weighted by Gasteiger charge is -2.33. The average Bonchev–Trinajstić information content (AvgIpc) is 3.58. The molecule has 3 N–H and O–H groups in total. The molecule has 1 aliphatic heterocycles. The molecule has 1 amide bonds. The van der Waals surface area contributed by atoms with Gasteiger partial charge in [-0.15, -0.1) is 0 Å². The van der Waals surface area contributed by atoms with Gasteiger partial charge in [-0.1, -0.05) is 23.7 Å². The molecule has 1 unspecified atom stereocenters. The van der Waals surface area contributed by atoms with E-state index in [0.29, 0.717) is 38.0 Å². The molecule has 0 spiro atoms. The Labute approximate surface area is 354 Å². The molecule has 20 heteroatoms. The number of aromatic hydroxyl groups is 1. The second-order valence-electron chi connectivity index (χ2n) is 18.0. The maximum absolute atomic E-state index is 14.8. The Kier molecular flexibility index (Phi) is 14.8. The zero-order valence-electron chi connectivity index (χ0n) is 36.1. The molecule has 2 heterocycles. The molecule has 0 saturated carbocycles. The van der Waals surface area contributed by atoms with Crippen LogP contribution in [-0.2, 0) is 41.1 Å². The zero-order valence-corrected chi connectivity index (χ0v) is 38.6. The standard InChI is InChI=1S/C40H55ClF2N4O11P2/c1-23-28(41)16-15-27-25(20-44-32(23)27)19-31-35(49)47(36(50)46-31)33(24-14-17-29(42)30(43)18-24)34(48)45-26(21-53-59(51,55-37(2,3)4)56-38(5,6)7)22-54-60(52,57-39(8,9)10)58-40(11,12)13/h14-20,26,33,49H,21-22H2,1-13H3,(H,45,48)(H,46,50)/b25-19+. The summed E-state index contributed by atoms with van der Waals surface area (Å²) in [5.74, 6) is -4.45. The number of benzene rings is 2. The molecular formula is C40H55ClF2N4O11P2. The summed E-state index contributed by atoms with van der Waals surface area (Å²) in [7, 11) is -8.91. The highest BCUT2D eigenvalue weighted by atomic mass is 35.5. The summed E-state index contributed by atoms with van der Waals surface area (Å²) in [5.41, 5.74) is -3.22. The van der Waals surface area contributed by atoms with Gasteiger partial charge >= 0.3 is 21.3 Å². The normalized spacial score (nSPS) is 15.2. The number of imidazole rings is 1. The molecule has 1 aliphatic rings. The maximum atomic E-state index is 14.8. The van der Waals surface area contributed by atoms with Gasteiger partial charge in [-0.3, -0.25) is 36.9 Å². The van der Waals surface area contributed by atoms with E-state index in [1.165, 1.54) is 12.3 Å². The van der Waals surface area contributed by atoms with Crippen LogP contribution in [0.3, 0.4) is 0 Å². The van der Waals surface area contributed by atoms with E-state index < -0.39 is 92.5 Å². The molecule has 1 aromatic heterocycles. The molecular weight excluding hydrogens is 848 g/mol. The lowest BCUT2D eigenvalue weighted by Crippen LogP contribution is -2.46. The second-order valence-corrected chi connectivity index (χ2v) is 21.5. The fourth-order valence-corrected chi connectivity index (χ4v) is 9.55. The highest BCUT2D eigenvalue weighted by Gasteiger charge is 2.41. The van der Waals surface area contributed by atoms with Crippen molar-refractivity contribution in [2.45, 2.75) is 124 Å². The first kappa shape index (κ1) is 49.2. The van der Waals surface area contributed by atoms with Gasteiger partial charge in [0, 0.05) is 22.4 Å². The van der Waals surface area contributed by atoms with Gasteiger partial charge in [-0.2, -0.15) is 0 Å². The molecule has 4 rings (SSSR count). The van der Waals surface area contributed by atoms with Crippen molar-refractivity contribution >= 4 is 56.7 Å². The van der Waals surface area contributed by atoms with Crippen LogP contribution in [0.1, 0.15) is 112 Å². The molecule has 0 aliphatic carbocycles. The zero-order chi connectivity index (χ0) is 45.4. The predicted octanol–water partition coefficient (Wildman–Crippen LogP) is 9.96. The Hall–Kier alpha value is -3.50. The summed E-state index contributed by atoms with van der Waals surface area (Å²) in [6.07, 6.45) is 2.93. The summed E-state index contributed by atoms with van der Waals surface area (Å²) in [6, 6.07) is 2.57. The molecule has 0 fully saturated rings. The van der Waals surface area contributed by atoms with Crippen LogP contribution in [0.2, 0.25) is 5.02 Å². The van der Waals surface area contributed by atoms with Crippen LogP contribution in [0.4, 0.5) is 14.5 Å². The van der Waals surface area contributed by atoms with Crippen molar-refractivity contribution in [2.75, 3.05) is 13.2 Å². The number of fused-ring (bicyclic) bond motifs is 1. The third-order valence-electron chi connectivity index (χ3n) is 7.76. The van der Waals surface area contributed by atoms with E-state index in [9.17, 15) is 32.6 Å². The summed E-state index contributed by atoms with van der Waals surface area (Å²) in [5, 5.41) is 14.7. The van der Waals surface area contributed by atoms with Crippen LogP contribution in [0.5, 0.6) is 5.88 Å². The molecule has 1 atom stereocenters. The molecule has 0 radical (unpaired) electrons. The number of aliphatic imine (C=N–C) groups is 1. The number of aromatic nitrogens is 2. The smallest absolute Gasteiger partial charge is 0.475 e. The van der Waals surface area contributed by atoms with Gasteiger partial charge in [0.2, 0.25) is 11.8 Å². The lowest BCUT2D eigenvalue weighted by molar-refractivity contribution is -0.125. The van der Waals surface area contributed by atoms with Crippen LogP contribution >= 0.6 is 27.2 Å². The number of rotatable bonds is 15. The van der Waals surface area contributed by atoms with Crippen LogP contribution in [-0.4, -0.2) is 68.4 Å². The number of amides is 1. The van der Waals surface area contributed by atoms with Crippen molar-refractivity contribution in [2.24, 2.45) is 4.99 Å². The number of aromatic amines is 1. The summed E-state index contributed by atoms with van der Waals surface area (Å²) >= 11 is 6.27. The number of allylic oxidation sites excluding steroid dienone is 1. The first-order chi connectivity index (χ1) is 27.3. The number of nitrogens with one attached hydrogen (secondary N) is 2. The summed E-state index contributed by atoms with van der Waals surface area (Å²) < 4.78 is 92.5. The Morgan fingerprint density at radius 1 is 0.867 bits per heavy atom. The topological polar surface area (TPSA) is 189 Å². The van der Waals surface area contributed by atoms with Gasteiger partial charge in [0.15, 0.2) is 11.6 Å². The van der Waals surface area contributed by atoms with E-state index in [4.69, 9.17) is 38.7 Å². The number of carbonyl (C=O) groups is 1. The second kappa shape index (κ2) is 18.1. The van der Waals surface area contributed by atoms with E-state index in [0.717, 1.165) is 12.1 Å². The Balaban J connectivity index is 1.82. The average molecular weight is 903 g/mol. The van der Waals surface area contributed by atoms with Gasteiger partial charge in [0.05, 0.1) is 47.3 Å². The lowest BCUT2D eigenvalue weighted by atomic mass is 10.0. The molecule has 0 saturated heterocycles. The van der Waals surface area contributed by atoms with Gasteiger partial charge in [-0.05, 0) is 125 Å². The number of nitrogens with zero attached hydrogens (tertiary/aromatic N) is 2.